The number of nitrogens with zero attached hydrogens (tertiary/aromatic N) is 2. The Kier molecular flexibility index (Phi) is 9.39. The second kappa shape index (κ2) is 12.5. The van der Waals surface area contributed by atoms with Crippen LogP contribution in [0.4, 0.5) is 0 Å². The van der Waals surface area contributed by atoms with Gasteiger partial charge in [0.15, 0.2) is 0 Å². The van der Waals surface area contributed by atoms with E-state index in [0.29, 0.717) is 24.8 Å². The lowest BCUT2D eigenvalue weighted by molar-refractivity contribution is -0.118. The van der Waals surface area contributed by atoms with Gasteiger partial charge < -0.3 is 14.5 Å². The lowest BCUT2D eigenvalue weighted by Gasteiger charge is -2.26. The minimum Gasteiger partial charge on any atom is -0.478 e. The molecule has 0 spiro atoms. The molecular formula is C22H31N3O3S. The number of unbranched alkanes of at least 4 members (excludes halogenated alkanes) is 1. The van der Waals surface area contributed by atoms with E-state index >= 15 is 0 Å². The van der Waals surface area contributed by atoms with Crippen molar-refractivity contribution < 1.29 is 13.9 Å². The number of rotatable bonds is 12. The summed E-state index contributed by atoms with van der Waals surface area (Å²) in [5, 5.41) is 2.95. The summed E-state index contributed by atoms with van der Waals surface area (Å²) in [5.74, 6) is 2.82. The summed E-state index contributed by atoms with van der Waals surface area (Å²) in [6.07, 6.45) is 9.21. The van der Waals surface area contributed by atoms with Gasteiger partial charge >= 0.3 is 0 Å². The van der Waals surface area contributed by atoms with Gasteiger partial charge in [0.2, 0.25) is 11.8 Å². The van der Waals surface area contributed by atoms with Gasteiger partial charge in [-0.2, -0.15) is 0 Å². The van der Waals surface area contributed by atoms with E-state index in [4.69, 9.17) is 9.15 Å². The van der Waals surface area contributed by atoms with E-state index in [1.54, 1.807) is 18.0 Å². The highest BCUT2D eigenvalue weighted by Gasteiger charge is 2.11. The predicted octanol–water partition coefficient (Wildman–Crippen LogP) is 3.87. The van der Waals surface area contributed by atoms with E-state index in [0.717, 1.165) is 30.9 Å². The molecule has 29 heavy (non-hydrogen) atoms. The maximum atomic E-state index is 11.8. The van der Waals surface area contributed by atoms with Crippen molar-refractivity contribution in [2.75, 3.05) is 32.0 Å². The average molecular weight is 418 g/mol. The van der Waals surface area contributed by atoms with E-state index in [-0.39, 0.29) is 5.91 Å². The number of ether oxygens (including phenoxy) is 1. The first-order valence-electron chi connectivity index (χ1n) is 10.5. The smallest absolute Gasteiger partial charge is 0.230 e. The van der Waals surface area contributed by atoms with Gasteiger partial charge in [0.05, 0.1) is 24.4 Å². The number of thioether (sulfide) groups is 1. The van der Waals surface area contributed by atoms with Crippen molar-refractivity contribution in [1.29, 1.82) is 0 Å². The predicted molar refractivity (Wildman–Crippen MR) is 116 cm³/mol. The molecular weight excluding hydrogens is 386 g/mol. The van der Waals surface area contributed by atoms with Crippen LogP contribution in [-0.4, -0.2) is 47.8 Å². The van der Waals surface area contributed by atoms with Gasteiger partial charge in [-0.05, 0) is 62.5 Å². The second-order valence-corrected chi connectivity index (χ2v) is 8.30. The van der Waals surface area contributed by atoms with Gasteiger partial charge in [-0.25, -0.2) is 4.98 Å². The zero-order valence-electron chi connectivity index (χ0n) is 17.0. The first-order chi connectivity index (χ1) is 14.3. The third-order valence-electron chi connectivity index (χ3n) is 4.85. The Bertz CT molecular complexity index is 718. The highest BCUT2D eigenvalue weighted by molar-refractivity contribution is 7.99. The number of aromatic nitrogens is 1. The van der Waals surface area contributed by atoms with Gasteiger partial charge in [0.1, 0.15) is 5.76 Å². The van der Waals surface area contributed by atoms with Crippen molar-refractivity contribution in [3.05, 3.63) is 48.0 Å². The topological polar surface area (TPSA) is 67.6 Å². The number of likely N-dealkylation sites (tertiary alicyclic amines) is 1. The Morgan fingerprint density at radius 1 is 1.24 bits per heavy atom. The Hall–Kier alpha value is -1.99. The quantitative estimate of drug-likeness (QED) is 0.529. The van der Waals surface area contributed by atoms with E-state index < -0.39 is 0 Å². The lowest BCUT2D eigenvalue weighted by Crippen LogP contribution is -2.29. The van der Waals surface area contributed by atoms with Gasteiger partial charge in [0.25, 0.3) is 0 Å². The van der Waals surface area contributed by atoms with E-state index in [9.17, 15) is 4.79 Å². The highest BCUT2D eigenvalue weighted by Crippen LogP contribution is 2.16. The molecule has 1 amide bonds. The fraction of sp³-hybridized carbons (Fsp3) is 0.545. The van der Waals surface area contributed by atoms with Crippen molar-refractivity contribution in [3.8, 4) is 5.88 Å². The van der Waals surface area contributed by atoms with Crippen molar-refractivity contribution >= 4 is 17.7 Å². The molecule has 2 aromatic heterocycles. The normalized spacial score (nSPS) is 14.6. The molecule has 3 heterocycles. The van der Waals surface area contributed by atoms with Gasteiger partial charge in [-0.15, -0.1) is 11.8 Å². The average Bonchev–Trinajstić information content (AvgIpc) is 3.25. The summed E-state index contributed by atoms with van der Waals surface area (Å²) in [6, 6.07) is 7.90. The van der Waals surface area contributed by atoms with Crippen molar-refractivity contribution in [3.63, 3.8) is 0 Å². The molecule has 7 heteroatoms. The summed E-state index contributed by atoms with van der Waals surface area (Å²) in [5.41, 5.74) is 1.26. The monoisotopic (exact) mass is 417 g/mol. The molecule has 1 fully saturated rings. The number of pyridine rings is 1. The van der Waals surface area contributed by atoms with E-state index in [2.05, 4.69) is 21.3 Å². The first kappa shape index (κ1) is 21.7. The highest BCUT2D eigenvalue weighted by atomic mass is 32.2. The summed E-state index contributed by atoms with van der Waals surface area (Å²) in [6.45, 7) is 4.63. The lowest BCUT2D eigenvalue weighted by atomic mass is 10.1. The Morgan fingerprint density at radius 2 is 2.14 bits per heavy atom. The van der Waals surface area contributed by atoms with Crippen LogP contribution in [0, 0.1) is 0 Å². The standard InChI is InChI=1S/C22H31N3O3S/c26-21(18-29-17-20-7-6-14-27-20)23-9-2-5-13-28-22-15-19(8-10-24-22)16-25-11-3-1-4-12-25/h6-8,10,14-15H,1-5,9,11-13,16-18H2,(H,23,26). The Labute approximate surface area is 177 Å². The van der Waals surface area contributed by atoms with Crippen LogP contribution in [-0.2, 0) is 17.1 Å². The number of carbonyl (C=O) groups excluding carboxylic acids is 1. The van der Waals surface area contributed by atoms with Crippen LogP contribution in [0.5, 0.6) is 5.88 Å². The molecule has 1 aliphatic rings. The second-order valence-electron chi connectivity index (χ2n) is 7.32. The molecule has 1 saturated heterocycles. The molecule has 1 aliphatic heterocycles. The zero-order chi connectivity index (χ0) is 20.2. The summed E-state index contributed by atoms with van der Waals surface area (Å²) < 4.78 is 11.0. The van der Waals surface area contributed by atoms with Crippen LogP contribution in [0.15, 0.2) is 41.1 Å². The maximum Gasteiger partial charge on any atom is 0.230 e. The third-order valence-corrected chi connectivity index (χ3v) is 5.81. The molecule has 0 aromatic carbocycles. The van der Waals surface area contributed by atoms with Crippen LogP contribution in [0.1, 0.15) is 43.4 Å². The SMILES string of the molecule is O=C(CSCc1ccco1)NCCCCOc1cc(CN2CCCCC2)ccn1. The number of carbonyl (C=O) groups is 1. The fourth-order valence-corrected chi connectivity index (χ4v) is 4.08. The van der Waals surface area contributed by atoms with E-state index in [1.165, 1.54) is 37.9 Å². The molecule has 0 bridgehead atoms. The van der Waals surface area contributed by atoms with Gasteiger partial charge in [-0.1, -0.05) is 6.42 Å². The number of furan rings is 1. The van der Waals surface area contributed by atoms with Crippen molar-refractivity contribution in [2.45, 2.75) is 44.4 Å². The molecule has 1 N–H and O–H groups in total. The molecule has 2 aromatic rings. The molecule has 158 valence electrons. The van der Waals surface area contributed by atoms with Gasteiger partial charge in [-0.3, -0.25) is 9.69 Å². The minimum atomic E-state index is 0.0644. The number of hydrogen-bond donors (Lipinski definition) is 1. The minimum absolute atomic E-state index is 0.0644. The third kappa shape index (κ3) is 8.50. The Morgan fingerprint density at radius 3 is 2.97 bits per heavy atom. The summed E-state index contributed by atoms with van der Waals surface area (Å²) >= 11 is 1.56. The number of amides is 1. The number of nitrogens with one attached hydrogen (secondary N) is 1. The molecule has 0 unspecified atom stereocenters. The molecule has 0 atom stereocenters. The fourth-order valence-electron chi connectivity index (χ4n) is 3.33. The van der Waals surface area contributed by atoms with Crippen LogP contribution >= 0.6 is 11.8 Å². The number of hydrogen-bond acceptors (Lipinski definition) is 6. The molecule has 0 aliphatic carbocycles. The maximum absolute atomic E-state index is 11.8. The zero-order valence-corrected chi connectivity index (χ0v) is 17.8. The Balaban J connectivity index is 1.23. The van der Waals surface area contributed by atoms with Crippen molar-refractivity contribution in [2.24, 2.45) is 0 Å². The number of piperidine rings is 1. The molecule has 0 radical (unpaired) electrons. The van der Waals surface area contributed by atoms with Crippen LogP contribution in [0.3, 0.4) is 0 Å². The van der Waals surface area contributed by atoms with E-state index in [1.807, 2.05) is 24.4 Å². The molecule has 0 saturated carbocycles. The van der Waals surface area contributed by atoms with Crippen LogP contribution in [0.25, 0.3) is 0 Å². The summed E-state index contributed by atoms with van der Waals surface area (Å²) in [4.78, 5) is 18.6. The summed E-state index contributed by atoms with van der Waals surface area (Å²) in [7, 11) is 0. The molecule has 6 nitrogen and oxygen atoms in total. The largest absolute Gasteiger partial charge is 0.478 e. The first-order valence-corrected chi connectivity index (χ1v) is 11.6. The van der Waals surface area contributed by atoms with Crippen molar-refractivity contribution in [1.82, 2.24) is 15.2 Å². The van der Waals surface area contributed by atoms with Crippen LogP contribution < -0.4 is 10.1 Å². The van der Waals surface area contributed by atoms with Crippen LogP contribution in [0.2, 0.25) is 0 Å². The molecule has 3 rings (SSSR count). The van der Waals surface area contributed by atoms with Gasteiger partial charge in [0, 0.05) is 25.4 Å².